The Morgan fingerprint density at radius 3 is 2.72 bits per heavy atom. The molecule has 29 heavy (non-hydrogen) atoms. The molecular formula is C24H19NO2S2. The van der Waals surface area contributed by atoms with Gasteiger partial charge in [0.1, 0.15) is 16.7 Å². The highest BCUT2D eigenvalue weighted by atomic mass is 32.2. The van der Waals surface area contributed by atoms with Crippen molar-refractivity contribution in [2.24, 2.45) is 0 Å². The van der Waals surface area contributed by atoms with Crippen molar-refractivity contribution >= 4 is 51.1 Å². The summed E-state index contributed by atoms with van der Waals surface area (Å²) >= 11 is 6.61. The van der Waals surface area contributed by atoms with E-state index in [1.54, 1.807) is 11.0 Å². The lowest BCUT2D eigenvalue weighted by Crippen LogP contribution is -2.27. The van der Waals surface area contributed by atoms with E-state index in [0.29, 0.717) is 22.4 Å². The van der Waals surface area contributed by atoms with E-state index in [2.05, 4.69) is 30.8 Å². The average Bonchev–Trinajstić information content (AvgIpc) is 3.00. The van der Waals surface area contributed by atoms with Gasteiger partial charge in [-0.2, -0.15) is 0 Å². The van der Waals surface area contributed by atoms with E-state index in [-0.39, 0.29) is 5.91 Å². The summed E-state index contributed by atoms with van der Waals surface area (Å²) in [6.45, 7) is 4.58. The van der Waals surface area contributed by atoms with Gasteiger partial charge < -0.3 is 4.74 Å². The zero-order chi connectivity index (χ0) is 20.2. The monoisotopic (exact) mass is 417 g/mol. The van der Waals surface area contributed by atoms with E-state index < -0.39 is 0 Å². The van der Waals surface area contributed by atoms with Gasteiger partial charge in [-0.3, -0.25) is 9.69 Å². The predicted molar refractivity (Wildman–Crippen MR) is 125 cm³/mol. The number of ether oxygens (including phenoxy) is 1. The predicted octanol–water partition coefficient (Wildman–Crippen LogP) is 5.81. The highest BCUT2D eigenvalue weighted by molar-refractivity contribution is 8.26. The molecule has 0 radical (unpaired) electrons. The van der Waals surface area contributed by atoms with Crippen LogP contribution in [0.15, 0.2) is 84.3 Å². The van der Waals surface area contributed by atoms with Crippen LogP contribution >= 0.6 is 24.0 Å². The lowest BCUT2D eigenvalue weighted by Gasteiger charge is -2.10. The molecule has 0 aliphatic carbocycles. The summed E-state index contributed by atoms with van der Waals surface area (Å²) in [7, 11) is 0. The second-order valence-corrected chi connectivity index (χ2v) is 8.26. The third-order valence-corrected chi connectivity index (χ3v) is 5.99. The summed E-state index contributed by atoms with van der Waals surface area (Å²) < 4.78 is 6.60. The summed E-state index contributed by atoms with van der Waals surface area (Å²) in [5.41, 5.74) is 2.04. The van der Waals surface area contributed by atoms with Crippen LogP contribution in [0.5, 0.6) is 5.75 Å². The Hall–Kier alpha value is -2.89. The van der Waals surface area contributed by atoms with E-state index >= 15 is 0 Å². The highest BCUT2D eigenvalue weighted by Gasteiger charge is 2.30. The molecule has 144 valence electrons. The van der Waals surface area contributed by atoms with Crippen molar-refractivity contribution < 1.29 is 9.53 Å². The molecule has 3 nitrogen and oxygen atoms in total. The zero-order valence-electron chi connectivity index (χ0n) is 15.7. The Balaban J connectivity index is 1.51. The van der Waals surface area contributed by atoms with Crippen LogP contribution < -0.4 is 4.74 Å². The fraction of sp³-hybridized carbons (Fsp3) is 0.0833. The second kappa shape index (κ2) is 8.64. The molecule has 0 aromatic heterocycles. The molecule has 4 rings (SSSR count). The van der Waals surface area contributed by atoms with Crippen LogP contribution in [0.25, 0.3) is 16.8 Å². The molecule has 0 saturated carbocycles. The number of benzene rings is 3. The largest absolute Gasteiger partial charge is 0.489 e. The minimum Gasteiger partial charge on any atom is -0.489 e. The Kier molecular flexibility index (Phi) is 5.79. The standard InChI is InChI=1S/C24H19NO2S2/c1-2-13-25-23(26)22(29-24(25)28)15-17-7-5-11-20(14-17)27-16-19-10-6-9-18-8-3-4-12-21(18)19/h2-12,14-15H,1,13,16H2/b22-15-. The normalized spacial score (nSPS) is 15.3. The Morgan fingerprint density at radius 2 is 1.86 bits per heavy atom. The van der Waals surface area contributed by atoms with Crippen LogP contribution in [-0.2, 0) is 11.4 Å². The van der Waals surface area contributed by atoms with Crippen LogP contribution in [0.3, 0.4) is 0 Å². The van der Waals surface area contributed by atoms with Gasteiger partial charge in [-0.15, -0.1) is 6.58 Å². The molecular weight excluding hydrogens is 398 g/mol. The van der Waals surface area contributed by atoms with E-state index in [1.165, 1.54) is 22.5 Å². The number of hydrogen-bond donors (Lipinski definition) is 0. The number of thioether (sulfide) groups is 1. The van der Waals surface area contributed by atoms with E-state index in [4.69, 9.17) is 17.0 Å². The molecule has 1 aliphatic heterocycles. The highest BCUT2D eigenvalue weighted by Crippen LogP contribution is 2.33. The lowest BCUT2D eigenvalue weighted by atomic mass is 10.1. The molecule has 1 amide bonds. The van der Waals surface area contributed by atoms with Gasteiger partial charge in [0, 0.05) is 6.54 Å². The van der Waals surface area contributed by atoms with Gasteiger partial charge in [0.2, 0.25) is 0 Å². The summed E-state index contributed by atoms with van der Waals surface area (Å²) in [6, 6.07) is 22.2. The van der Waals surface area contributed by atoms with Crippen molar-refractivity contribution in [3.63, 3.8) is 0 Å². The Morgan fingerprint density at radius 1 is 1.07 bits per heavy atom. The Bertz CT molecular complexity index is 1130. The van der Waals surface area contributed by atoms with Gasteiger partial charge >= 0.3 is 0 Å². The first-order valence-electron chi connectivity index (χ1n) is 9.21. The minimum absolute atomic E-state index is 0.0815. The summed E-state index contributed by atoms with van der Waals surface area (Å²) in [5, 5.41) is 2.39. The van der Waals surface area contributed by atoms with Crippen LogP contribution in [0.1, 0.15) is 11.1 Å². The zero-order valence-corrected chi connectivity index (χ0v) is 17.3. The van der Waals surface area contributed by atoms with Crippen molar-refractivity contribution in [1.82, 2.24) is 4.90 Å². The lowest BCUT2D eigenvalue weighted by molar-refractivity contribution is -0.121. The van der Waals surface area contributed by atoms with Crippen LogP contribution in [0.2, 0.25) is 0 Å². The molecule has 1 saturated heterocycles. The number of thiocarbonyl (C=S) groups is 1. The number of hydrogen-bond acceptors (Lipinski definition) is 4. The van der Waals surface area contributed by atoms with E-state index in [9.17, 15) is 4.79 Å². The maximum atomic E-state index is 12.5. The van der Waals surface area contributed by atoms with Crippen molar-refractivity contribution in [2.75, 3.05) is 6.54 Å². The van der Waals surface area contributed by atoms with Gasteiger partial charge in [-0.25, -0.2) is 0 Å². The molecule has 0 N–H and O–H groups in total. The van der Waals surface area contributed by atoms with Crippen LogP contribution in [0, 0.1) is 0 Å². The van der Waals surface area contributed by atoms with Crippen LogP contribution in [0.4, 0.5) is 0 Å². The molecule has 1 fully saturated rings. The average molecular weight is 418 g/mol. The van der Waals surface area contributed by atoms with Gasteiger partial charge in [-0.1, -0.05) is 84.7 Å². The summed E-state index contributed by atoms with van der Waals surface area (Å²) in [6.07, 6.45) is 3.53. The molecule has 0 spiro atoms. The molecule has 0 atom stereocenters. The molecule has 3 aromatic rings. The maximum Gasteiger partial charge on any atom is 0.266 e. The van der Waals surface area contributed by atoms with Gasteiger partial charge in [0.25, 0.3) is 5.91 Å². The van der Waals surface area contributed by atoms with Gasteiger partial charge in [-0.05, 0) is 40.1 Å². The quantitative estimate of drug-likeness (QED) is 0.288. The SMILES string of the molecule is C=CCN1C(=O)/C(=C/c2cccc(OCc3cccc4ccccc34)c2)SC1=S. The summed E-state index contributed by atoms with van der Waals surface area (Å²) in [4.78, 5) is 14.7. The second-order valence-electron chi connectivity index (χ2n) is 6.58. The molecule has 0 bridgehead atoms. The topological polar surface area (TPSA) is 29.5 Å². The number of fused-ring (bicyclic) bond motifs is 1. The van der Waals surface area contributed by atoms with Gasteiger partial charge in [0.15, 0.2) is 0 Å². The Labute approximate surface area is 179 Å². The number of rotatable bonds is 6. The molecule has 0 unspecified atom stereocenters. The third kappa shape index (κ3) is 4.26. The number of nitrogens with zero attached hydrogens (tertiary/aromatic N) is 1. The maximum absolute atomic E-state index is 12.5. The smallest absolute Gasteiger partial charge is 0.266 e. The first-order valence-corrected chi connectivity index (χ1v) is 10.4. The van der Waals surface area contributed by atoms with Crippen molar-refractivity contribution in [2.45, 2.75) is 6.61 Å². The molecule has 1 aliphatic rings. The number of amides is 1. The molecule has 5 heteroatoms. The first kappa shape index (κ1) is 19.4. The summed E-state index contributed by atoms with van der Waals surface area (Å²) in [5.74, 6) is 0.676. The fourth-order valence-electron chi connectivity index (χ4n) is 3.21. The number of carbonyl (C=O) groups excluding carboxylic acids is 1. The third-order valence-electron chi connectivity index (χ3n) is 4.62. The van der Waals surface area contributed by atoms with Crippen molar-refractivity contribution in [1.29, 1.82) is 0 Å². The molecule has 1 heterocycles. The first-order chi connectivity index (χ1) is 14.2. The molecule has 3 aromatic carbocycles. The van der Waals surface area contributed by atoms with Gasteiger partial charge in [0.05, 0.1) is 4.91 Å². The number of carbonyl (C=O) groups is 1. The minimum atomic E-state index is -0.0815. The van der Waals surface area contributed by atoms with E-state index in [0.717, 1.165) is 16.9 Å². The van der Waals surface area contributed by atoms with E-state index in [1.807, 2.05) is 48.5 Å². The van der Waals surface area contributed by atoms with Crippen molar-refractivity contribution in [3.05, 3.63) is 95.4 Å². The van der Waals surface area contributed by atoms with Crippen molar-refractivity contribution in [3.8, 4) is 5.75 Å². The van der Waals surface area contributed by atoms with Crippen LogP contribution in [-0.4, -0.2) is 21.7 Å². The fourth-order valence-corrected chi connectivity index (χ4v) is 4.49.